The van der Waals surface area contributed by atoms with E-state index in [1.807, 2.05) is 12.2 Å². The van der Waals surface area contributed by atoms with Crippen LogP contribution in [0.3, 0.4) is 0 Å². The number of carboxylic acid groups (broad SMARTS) is 1. The van der Waals surface area contributed by atoms with Gasteiger partial charge >= 0.3 is 5.97 Å². The third-order valence-electron chi connectivity index (χ3n) is 4.46. The van der Waals surface area contributed by atoms with Gasteiger partial charge in [0.25, 0.3) is 0 Å². The molecule has 0 aromatic carbocycles. The average molecular weight is 395 g/mol. The summed E-state index contributed by atoms with van der Waals surface area (Å²) in [4.78, 5) is 10.6. The van der Waals surface area contributed by atoms with Gasteiger partial charge < -0.3 is 25.2 Å². The zero-order valence-electron chi connectivity index (χ0n) is 16.6. The lowest BCUT2D eigenvalue weighted by Crippen LogP contribution is -2.25. The number of carboxylic acids is 1. The van der Waals surface area contributed by atoms with Crippen molar-refractivity contribution < 1.29 is 30.0 Å². The normalized spacial score (nSPS) is 25.5. The maximum absolute atomic E-state index is 10.6. The van der Waals surface area contributed by atoms with Gasteiger partial charge in [-0.1, -0.05) is 55.5 Å². The highest BCUT2D eigenvalue weighted by Gasteiger charge is 2.36. The number of ether oxygens (including phenoxy) is 1. The van der Waals surface area contributed by atoms with Crippen molar-refractivity contribution in [1.82, 2.24) is 0 Å². The molecule has 6 nitrogen and oxygen atoms in total. The minimum absolute atomic E-state index is 0.0872. The van der Waals surface area contributed by atoms with Crippen molar-refractivity contribution in [3.8, 4) is 0 Å². The number of allylic oxidation sites excluding steroid dienone is 5. The molecule has 1 aliphatic rings. The van der Waals surface area contributed by atoms with Gasteiger partial charge in [0.2, 0.25) is 0 Å². The molecule has 0 saturated carbocycles. The monoisotopic (exact) mass is 394 g/mol. The lowest BCUT2D eigenvalue weighted by molar-refractivity contribution is -0.138. The van der Waals surface area contributed by atoms with Crippen molar-refractivity contribution in [2.24, 2.45) is 0 Å². The first-order valence-corrected chi connectivity index (χ1v) is 9.98. The molecule has 1 saturated heterocycles. The molecule has 0 aliphatic carbocycles. The quantitative estimate of drug-likeness (QED) is 0.358. The summed E-state index contributed by atoms with van der Waals surface area (Å²) in [5.41, 5.74) is 0. The third-order valence-corrected chi connectivity index (χ3v) is 4.46. The van der Waals surface area contributed by atoms with Crippen molar-refractivity contribution >= 4 is 5.97 Å². The Morgan fingerprint density at radius 2 is 1.71 bits per heavy atom. The van der Waals surface area contributed by atoms with E-state index < -0.39 is 36.5 Å². The second-order valence-corrected chi connectivity index (χ2v) is 6.92. The molecule has 28 heavy (non-hydrogen) atoms. The number of carbonyl (C=O) groups is 1. The molecule has 1 aliphatic heterocycles. The topological polar surface area (TPSA) is 107 Å². The highest BCUT2D eigenvalue weighted by atomic mass is 16.5. The van der Waals surface area contributed by atoms with E-state index in [1.165, 1.54) is 12.2 Å². The van der Waals surface area contributed by atoms with E-state index >= 15 is 0 Å². The van der Waals surface area contributed by atoms with Crippen LogP contribution in [0.5, 0.6) is 0 Å². The van der Waals surface area contributed by atoms with Crippen LogP contribution >= 0.6 is 0 Å². The summed E-state index contributed by atoms with van der Waals surface area (Å²) in [5, 5.41) is 38.7. The van der Waals surface area contributed by atoms with E-state index in [-0.39, 0.29) is 19.3 Å². The van der Waals surface area contributed by atoms with Crippen molar-refractivity contribution in [3.63, 3.8) is 0 Å². The predicted octanol–water partition coefficient (Wildman–Crippen LogP) is 2.90. The van der Waals surface area contributed by atoms with Gasteiger partial charge in [-0.05, 0) is 32.1 Å². The summed E-state index contributed by atoms with van der Waals surface area (Å²) in [6.45, 7) is 2.10. The largest absolute Gasteiger partial charge is 0.481 e. The SMILES string of the molecule is CC/C=C\C/C=C\C/C=C\C[C@H](O)/C=C/[C@@H](O)[C@H]1C[C@H](O)[C@H](CCC(=O)O)O1. The molecule has 1 rings (SSSR count). The lowest BCUT2D eigenvalue weighted by atomic mass is 10.0. The van der Waals surface area contributed by atoms with E-state index in [1.54, 1.807) is 0 Å². The predicted molar refractivity (Wildman–Crippen MR) is 109 cm³/mol. The summed E-state index contributed by atoms with van der Waals surface area (Å²) in [5.74, 6) is -0.945. The molecular formula is C22H34O6. The van der Waals surface area contributed by atoms with Crippen LogP contribution < -0.4 is 0 Å². The summed E-state index contributed by atoms with van der Waals surface area (Å²) >= 11 is 0. The third kappa shape index (κ3) is 10.6. The minimum atomic E-state index is -0.956. The first-order chi connectivity index (χ1) is 13.4. The average Bonchev–Trinajstić information content (AvgIpc) is 3.04. The molecular weight excluding hydrogens is 360 g/mol. The summed E-state index contributed by atoms with van der Waals surface area (Å²) < 4.78 is 5.56. The van der Waals surface area contributed by atoms with Crippen molar-refractivity contribution in [3.05, 3.63) is 48.6 Å². The standard InChI is InChI=1S/C22H34O6/c1-2-3-4-5-6-7-8-9-10-11-17(23)12-13-18(24)21-16-19(25)20(28-21)14-15-22(26)27/h3-4,6-7,9-10,12-13,17-21,23-25H,2,5,8,11,14-16H2,1H3,(H,26,27)/b4-3-,7-6-,10-9-,13-12+/t17-,18+,19-,20-,21+/m0/s1. The molecule has 0 bridgehead atoms. The van der Waals surface area contributed by atoms with Gasteiger partial charge in [0.15, 0.2) is 0 Å². The van der Waals surface area contributed by atoms with E-state index in [0.29, 0.717) is 6.42 Å². The fourth-order valence-electron chi connectivity index (χ4n) is 2.90. The number of aliphatic hydroxyl groups excluding tert-OH is 3. The Balaban J connectivity index is 2.28. The van der Waals surface area contributed by atoms with E-state index in [0.717, 1.165) is 19.3 Å². The fraction of sp³-hybridized carbons (Fsp3) is 0.591. The van der Waals surface area contributed by atoms with E-state index in [9.17, 15) is 20.1 Å². The number of hydrogen-bond acceptors (Lipinski definition) is 5. The molecule has 0 unspecified atom stereocenters. The molecule has 6 heteroatoms. The number of hydrogen-bond donors (Lipinski definition) is 4. The van der Waals surface area contributed by atoms with Crippen LogP contribution in [0.25, 0.3) is 0 Å². The van der Waals surface area contributed by atoms with Crippen molar-refractivity contribution in [2.75, 3.05) is 0 Å². The highest BCUT2D eigenvalue weighted by molar-refractivity contribution is 5.66. The Kier molecular flexibility index (Phi) is 12.4. The molecule has 1 heterocycles. The first-order valence-electron chi connectivity index (χ1n) is 9.98. The Morgan fingerprint density at radius 3 is 2.36 bits per heavy atom. The van der Waals surface area contributed by atoms with Crippen molar-refractivity contribution in [2.45, 2.75) is 82.4 Å². The van der Waals surface area contributed by atoms with Gasteiger partial charge in [-0.2, -0.15) is 0 Å². The number of rotatable bonds is 13. The van der Waals surface area contributed by atoms with Gasteiger partial charge in [0, 0.05) is 12.8 Å². The Hall–Kier alpha value is -1.73. The van der Waals surface area contributed by atoms with Gasteiger partial charge in [0.1, 0.15) is 0 Å². The Morgan fingerprint density at radius 1 is 1.07 bits per heavy atom. The number of aliphatic carboxylic acids is 1. The summed E-state index contributed by atoms with van der Waals surface area (Å²) in [6, 6.07) is 0. The molecule has 4 N–H and O–H groups in total. The number of aliphatic hydroxyl groups is 3. The first kappa shape index (κ1) is 24.3. The van der Waals surface area contributed by atoms with Crippen LogP contribution in [0.1, 0.15) is 51.9 Å². The van der Waals surface area contributed by atoms with Crippen LogP contribution in [0.4, 0.5) is 0 Å². The van der Waals surface area contributed by atoms with E-state index in [4.69, 9.17) is 9.84 Å². The smallest absolute Gasteiger partial charge is 0.303 e. The van der Waals surface area contributed by atoms with Crippen LogP contribution in [0.15, 0.2) is 48.6 Å². The second-order valence-electron chi connectivity index (χ2n) is 6.92. The van der Waals surface area contributed by atoms with Crippen molar-refractivity contribution in [1.29, 1.82) is 0 Å². The maximum atomic E-state index is 10.6. The molecule has 0 aromatic rings. The Bertz CT molecular complexity index is 551. The lowest BCUT2D eigenvalue weighted by Gasteiger charge is -2.16. The zero-order valence-corrected chi connectivity index (χ0v) is 16.6. The highest BCUT2D eigenvalue weighted by Crippen LogP contribution is 2.26. The summed E-state index contributed by atoms with van der Waals surface area (Å²) in [7, 11) is 0. The summed E-state index contributed by atoms with van der Waals surface area (Å²) in [6.07, 6.45) is 15.3. The minimum Gasteiger partial charge on any atom is -0.481 e. The Labute approximate surface area is 167 Å². The van der Waals surface area contributed by atoms with Crippen LogP contribution in [0.2, 0.25) is 0 Å². The molecule has 0 spiro atoms. The molecule has 1 fully saturated rings. The van der Waals surface area contributed by atoms with Gasteiger partial charge in [-0.25, -0.2) is 0 Å². The van der Waals surface area contributed by atoms with Gasteiger partial charge in [0.05, 0.1) is 30.5 Å². The molecule has 5 atom stereocenters. The van der Waals surface area contributed by atoms with Gasteiger partial charge in [-0.3, -0.25) is 4.79 Å². The van der Waals surface area contributed by atoms with E-state index in [2.05, 4.69) is 31.2 Å². The van der Waals surface area contributed by atoms with Crippen LogP contribution in [-0.4, -0.2) is 56.9 Å². The van der Waals surface area contributed by atoms with Crippen LogP contribution in [0, 0.1) is 0 Å². The maximum Gasteiger partial charge on any atom is 0.303 e. The fourth-order valence-corrected chi connectivity index (χ4v) is 2.90. The van der Waals surface area contributed by atoms with Crippen LogP contribution in [-0.2, 0) is 9.53 Å². The molecule has 0 amide bonds. The second kappa shape index (κ2) is 14.3. The molecule has 158 valence electrons. The molecule has 0 aromatic heterocycles. The van der Waals surface area contributed by atoms with Gasteiger partial charge in [-0.15, -0.1) is 0 Å². The molecule has 0 radical (unpaired) electrons. The zero-order chi connectivity index (χ0) is 20.8.